The third kappa shape index (κ3) is 3.34. The Morgan fingerprint density at radius 1 is 1.30 bits per heavy atom. The predicted octanol–water partition coefficient (Wildman–Crippen LogP) is 2.97. The van der Waals surface area contributed by atoms with Gasteiger partial charge in [0.05, 0.1) is 0 Å². The fourth-order valence-corrected chi connectivity index (χ4v) is 5.38. The zero-order chi connectivity index (χ0) is 18.5. The Hall–Kier alpha value is -1.31. The molecule has 2 saturated carbocycles. The molecule has 27 heavy (non-hydrogen) atoms. The molecule has 8 heteroatoms. The number of hydrogen-bond donors (Lipinski definition) is 1. The number of alkyl halides is 2. The molecule has 1 amide bonds. The number of nitrogens with zero attached hydrogens (tertiary/aromatic N) is 2. The Morgan fingerprint density at radius 3 is 2.44 bits per heavy atom. The van der Waals surface area contributed by atoms with Crippen LogP contribution in [0.1, 0.15) is 48.2 Å². The van der Waals surface area contributed by atoms with Gasteiger partial charge in [-0.2, -0.15) is 0 Å². The van der Waals surface area contributed by atoms with Crippen molar-refractivity contribution in [2.75, 3.05) is 20.2 Å². The average molecular weight is 402 g/mol. The van der Waals surface area contributed by atoms with Crippen LogP contribution < -0.4 is 5.73 Å². The highest BCUT2D eigenvalue weighted by molar-refractivity contribution is 5.90. The molecule has 0 spiro atoms. The quantitative estimate of drug-likeness (QED) is 0.842. The summed E-state index contributed by atoms with van der Waals surface area (Å²) in [4.78, 5) is 17.8. The lowest BCUT2D eigenvalue weighted by molar-refractivity contribution is -0.197. The van der Waals surface area contributed by atoms with E-state index in [2.05, 4.69) is 9.88 Å². The number of ether oxygens (including phenoxy) is 1. The van der Waals surface area contributed by atoms with Gasteiger partial charge in [0.2, 0.25) is 0 Å². The second-order valence-electron chi connectivity index (χ2n) is 7.99. The Labute approximate surface area is 164 Å². The molecule has 1 aromatic rings. The number of primary amides is 1. The van der Waals surface area contributed by atoms with Gasteiger partial charge in [0.25, 0.3) is 11.8 Å². The lowest BCUT2D eigenvalue weighted by atomic mass is 9.61. The van der Waals surface area contributed by atoms with E-state index in [-0.39, 0.29) is 48.8 Å². The number of aromatic nitrogens is 1. The first kappa shape index (κ1) is 20.4. The van der Waals surface area contributed by atoms with E-state index in [0.29, 0.717) is 0 Å². The number of likely N-dealkylation sites (tertiary alicyclic amines) is 1. The minimum atomic E-state index is -2.50. The molecule has 5 nitrogen and oxygen atoms in total. The molecule has 1 unspecified atom stereocenters. The van der Waals surface area contributed by atoms with Gasteiger partial charge in [-0.3, -0.25) is 14.7 Å². The topological polar surface area (TPSA) is 68.5 Å². The molecule has 2 heterocycles. The van der Waals surface area contributed by atoms with Crippen LogP contribution >= 0.6 is 12.4 Å². The summed E-state index contributed by atoms with van der Waals surface area (Å²) in [6.07, 6.45) is 4.62. The highest BCUT2D eigenvalue weighted by Crippen LogP contribution is 2.53. The minimum absolute atomic E-state index is 0. The smallest absolute Gasteiger partial charge is 0.267 e. The van der Waals surface area contributed by atoms with Crippen molar-refractivity contribution in [1.82, 2.24) is 9.88 Å². The number of halogens is 3. The number of rotatable bonds is 4. The van der Waals surface area contributed by atoms with Crippen molar-refractivity contribution in [1.29, 1.82) is 0 Å². The van der Waals surface area contributed by atoms with E-state index < -0.39 is 17.4 Å². The third-order valence-electron chi connectivity index (χ3n) is 6.61. The molecule has 4 rings (SSSR count). The van der Waals surface area contributed by atoms with Crippen LogP contribution in [0.5, 0.6) is 0 Å². The number of carbonyl (C=O) groups is 1. The molecule has 2 bridgehead atoms. The fraction of sp³-hybridized carbons (Fsp3) is 0.684. The van der Waals surface area contributed by atoms with Gasteiger partial charge < -0.3 is 10.5 Å². The summed E-state index contributed by atoms with van der Waals surface area (Å²) in [6.45, 7) is 1.50. The van der Waals surface area contributed by atoms with E-state index in [1.807, 2.05) is 6.07 Å². The largest absolute Gasteiger partial charge is 0.373 e. The molecule has 0 aromatic carbocycles. The van der Waals surface area contributed by atoms with Crippen LogP contribution in [0.2, 0.25) is 0 Å². The molecule has 0 radical (unpaired) electrons. The Kier molecular flexibility index (Phi) is 5.49. The number of fused-ring (bicyclic) bond motifs is 2. The van der Waals surface area contributed by atoms with Gasteiger partial charge in [-0.05, 0) is 30.5 Å². The van der Waals surface area contributed by atoms with E-state index in [4.69, 9.17) is 10.5 Å². The van der Waals surface area contributed by atoms with E-state index in [9.17, 15) is 13.6 Å². The number of hydrogen-bond acceptors (Lipinski definition) is 4. The molecular formula is C19H26ClF2N3O2. The lowest BCUT2D eigenvalue weighted by Gasteiger charge is -2.58. The molecule has 1 saturated heterocycles. The summed E-state index contributed by atoms with van der Waals surface area (Å²) in [5.41, 5.74) is 6.06. The van der Waals surface area contributed by atoms with E-state index in [0.717, 1.165) is 37.9 Å². The van der Waals surface area contributed by atoms with E-state index in [1.54, 1.807) is 19.4 Å². The maximum absolute atomic E-state index is 13.3. The SMILES string of the molecule is COC1(c2ccnc(C(N)=O)c2)[C@@H]2CCC[C@H]1CN(C1CC(F)(F)C1)C2.Cl. The number of amides is 1. The molecular weight excluding hydrogens is 376 g/mol. The summed E-state index contributed by atoms with van der Waals surface area (Å²) in [5.74, 6) is -2.65. The minimum Gasteiger partial charge on any atom is -0.373 e. The normalized spacial score (nSPS) is 33.0. The molecule has 3 atom stereocenters. The molecule has 1 aromatic heterocycles. The van der Waals surface area contributed by atoms with Gasteiger partial charge in [0.15, 0.2) is 0 Å². The molecule has 2 aliphatic carbocycles. The number of piperidine rings is 1. The monoisotopic (exact) mass is 401 g/mol. The van der Waals surface area contributed by atoms with Crippen LogP contribution in [0.25, 0.3) is 0 Å². The maximum atomic E-state index is 13.3. The van der Waals surface area contributed by atoms with Crippen LogP contribution in [0.4, 0.5) is 8.78 Å². The van der Waals surface area contributed by atoms with Crippen molar-refractivity contribution < 1.29 is 18.3 Å². The van der Waals surface area contributed by atoms with Crippen LogP contribution in [-0.4, -0.2) is 48.0 Å². The highest BCUT2D eigenvalue weighted by atomic mass is 35.5. The van der Waals surface area contributed by atoms with Crippen molar-refractivity contribution in [3.8, 4) is 0 Å². The zero-order valence-electron chi connectivity index (χ0n) is 15.4. The third-order valence-corrected chi connectivity index (χ3v) is 6.61. The van der Waals surface area contributed by atoms with E-state index in [1.165, 1.54) is 0 Å². The fourth-order valence-electron chi connectivity index (χ4n) is 5.38. The van der Waals surface area contributed by atoms with E-state index >= 15 is 0 Å². The zero-order valence-corrected chi connectivity index (χ0v) is 16.2. The Bertz CT molecular complexity index is 696. The van der Waals surface area contributed by atoms with Gasteiger partial charge in [0.1, 0.15) is 11.3 Å². The first-order valence-corrected chi connectivity index (χ1v) is 9.29. The van der Waals surface area contributed by atoms with Gasteiger partial charge in [-0.25, -0.2) is 8.78 Å². The molecule has 3 aliphatic rings. The lowest BCUT2D eigenvalue weighted by Crippen LogP contribution is -2.63. The first-order valence-electron chi connectivity index (χ1n) is 9.29. The molecule has 2 N–H and O–H groups in total. The average Bonchev–Trinajstić information content (AvgIpc) is 2.58. The van der Waals surface area contributed by atoms with Crippen LogP contribution in [0.15, 0.2) is 18.3 Å². The molecule has 3 fully saturated rings. The van der Waals surface area contributed by atoms with Crippen molar-refractivity contribution in [3.05, 3.63) is 29.6 Å². The van der Waals surface area contributed by atoms with Crippen LogP contribution in [0.3, 0.4) is 0 Å². The summed E-state index contributed by atoms with van der Waals surface area (Å²) >= 11 is 0. The highest BCUT2D eigenvalue weighted by Gasteiger charge is 2.57. The van der Waals surface area contributed by atoms with Crippen molar-refractivity contribution in [3.63, 3.8) is 0 Å². The summed E-state index contributed by atoms with van der Waals surface area (Å²) < 4.78 is 32.8. The number of nitrogens with two attached hydrogens (primary N) is 1. The second kappa shape index (κ2) is 7.26. The number of methoxy groups -OCH3 is 1. The number of carbonyl (C=O) groups excluding carboxylic acids is 1. The van der Waals surface area contributed by atoms with Crippen molar-refractivity contribution in [2.24, 2.45) is 17.6 Å². The summed E-state index contributed by atoms with van der Waals surface area (Å²) in [6, 6.07) is 3.61. The Balaban J connectivity index is 0.00000210. The van der Waals surface area contributed by atoms with Crippen LogP contribution in [-0.2, 0) is 10.3 Å². The molecule has 150 valence electrons. The molecule has 1 aliphatic heterocycles. The van der Waals surface area contributed by atoms with Gasteiger partial charge in [-0.1, -0.05) is 6.42 Å². The summed E-state index contributed by atoms with van der Waals surface area (Å²) in [7, 11) is 1.71. The van der Waals surface area contributed by atoms with Gasteiger partial charge in [-0.15, -0.1) is 12.4 Å². The maximum Gasteiger partial charge on any atom is 0.267 e. The van der Waals surface area contributed by atoms with Crippen molar-refractivity contribution in [2.45, 2.75) is 49.7 Å². The second-order valence-corrected chi connectivity index (χ2v) is 7.99. The predicted molar refractivity (Wildman–Crippen MR) is 99.1 cm³/mol. The summed E-state index contributed by atoms with van der Waals surface area (Å²) in [5, 5.41) is 0. The van der Waals surface area contributed by atoms with Crippen LogP contribution in [0, 0.1) is 11.8 Å². The Morgan fingerprint density at radius 2 is 1.93 bits per heavy atom. The van der Waals surface area contributed by atoms with Gasteiger partial charge >= 0.3 is 0 Å². The van der Waals surface area contributed by atoms with Gasteiger partial charge in [0, 0.05) is 57.1 Å². The van der Waals surface area contributed by atoms with Crippen molar-refractivity contribution >= 4 is 18.3 Å². The standard InChI is InChI=1S/C19H25F2N3O2.ClH/c1-26-19(12-5-6-23-16(7-12)17(22)25)13-3-2-4-14(19)11-24(10-13)15-8-18(20,21)9-15;/h5-7,13-15H,2-4,8-11H2,1H3,(H2,22,25);1H/t13-,14+,19?;. The number of pyridine rings is 1. The first-order chi connectivity index (χ1) is 12.4.